The van der Waals surface area contributed by atoms with E-state index in [4.69, 9.17) is 52.5 Å². The quantitative estimate of drug-likeness (QED) is 0.0874. The molecule has 14 aliphatic carbocycles. The number of hydrogen-bond donors (Lipinski definition) is 2. The highest BCUT2D eigenvalue weighted by Crippen LogP contribution is 2.74. The van der Waals surface area contributed by atoms with E-state index >= 15 is 0 Å². The van der Waals surface area contributed by atoms with Crippen LogP contribution in [0.1, 0.15) is 268 Å². The van der Waals surface area contributed by atoms with Gasteiger partial charge in [0.2, 0.25) is 12.2 Å². The van der Waals surface area contributed by atoms with Crippen molar-refractivity contribution in [2.24, 2.45) is 200 Å². The van der Waals surface area contributed by atoms with Gasteiger partial charge in [0.15, 0.2) is 5.60 Å². The normalized spacial score (nSPS) is 43.9. The molecule has 4 saturated heterocycles. The summed E-state index contributed by atoms with van der Waals surface area (Å²) in [5, 5.41) is 19.1. The Morgan fingerprint density at radius 2 is 0.839 bits per heavy atom. The lowest BCUT2D eigenvalue weighted by Crippen LogP contribution is -2.42. The smallest absolute Gasteiger partial charge is 0.347 e. The van der Waals surface area contributed by atoms with Gasteiger partial charge in [-0.1, -0.05) is 76.2 Å². The van der Waals surface area contributed by atoms with Gasteiger partial charge in [0.25, 0.3) is 0 Å². The van der Waals surface area contributed by atoms with Gasteiger partial charge in [-0.3, -0.25) is 38.4 Å². The third kappa shape index (κ3) is 18.4. The average molecular weight is 1660 g/mol. The van der Waals surface area contributed by atoms with E-state index in [2.05, 4.69) is 55.4 Å². The molecule has 22 heteroatoms. The summed E-state index contributed by atoms with van der Waals surface area (Å²) in [6, 6.07) is 0. The number of cyclic esters (lactones) is 4. The maximum atomic E-state index is 12.6. The molecule has 0 aromatic heterocycles. The molecule has 666 valence electrons. The van der Waals surface area contributed by atoms with E-state index in [0.29, 0.717) is 80.8 Å². The number of aliphatic hydroxyl groups excluding tert-OH is 2. The Hall–Kier alpha value is -5.38. The minimum absolute atomic E-state index is 0.0384. The summed E-state index contributed by atoms with van der Waals surface area (Å²) in [7, 11) is 0. The van der Waals surface area contributed by atoms with Gasteiger partial charge in [0.05, 0.1) is 72.3 Å². The molecule has 22 nitrogen and oxygen atoms in total. The van der Waals surface area contributed by atoms with Crippen molar-refractivity contribution in [3.63, 3.8) is 0 Å². The second-order valence-electron chi connectivity index (χ2n) is 44.0. The summed E-state index contributed by atoms with van der Waals surface area (Å²) >= 11 is 0. The fraction of sp³-hybridized carbons (Fsp3) is 0.896. The van der Waals surface area contributed by atoms with Gasteiger partial charge < -0.3 is 57.6 Å². The van der Waals surface area contributed by atoms with Crippen LogP contribution in [0.15, 0.2) is 0 Å². The standard InChI is InChI=1S/C19H26O4.C19H30O2.C14H22O.C13H22O3.C11H18O4.2C10H16O4/c1-8-9(2)12-7-11(8)16-10-5-13(17(12)16)14(6-10)18(20)23-15-3-4-22-19(15)21;1-9-10(2)13-8-12(9)16-11-6-14(17(13)16)15(7-11)18(20)21-19(3,4)5;1-6-7(2)10-5-9(6)13-8-3-11(14(10)13)12(15)4-8;1-7(14)6-16-13(15)12-5-10-4-11(12)9(3)8(10)2;1-5-10(2,3)9(13)15-11(4)6-8(12)14-7-11;1-4-10(2,3)9(12)14-7-5-8(11)13-6-7;1-4-10(2,3)9(12)14-7-5-6-13-8(7)11/h8-17H,3-7H2,1-2H3;9-17H,6-8H2,1-5H3;6-15H,3-5H2,1-2H3;7-12,14H,4-6H2,1-3H3;5-7H2,1-4H3;2*7H,4-6H2,1-3H3. The molecule has 0 aromatic rings. The van der Waals surface area contributed by atoms with E-state index in [0.717, 1.165) is 156 Å². The SMILES string of the molecule is CC(O)COC(=O)C1CC2CC1C(C)C2C.CC1C(C)C2CC1C1C3CC(C(=O)OC(C)(C)C)C(C3)C21.CC1C(C)C2CC1C1C3CC(C(=O)OC4CCOC4=O)C(C3)C21.CC1C(C)C2CC1C1C3CC(O)C(C3)C21.CCC(C)(C)C(=O)OC1(C)COC(=O)C1.CCC(C)(C)C(=O)OC1CCOC1=O.CCC(C)(C)C(=O)OC1COC(=O)C1. The number of esters is 10. The number of hydrogen-bond acceptors (Lipinski definition) is 22. The molecule has 118 heavy (non-hydrogen) atoms. The Kier molecular flexibility index (Phi) is 27.8. The monoisotopic (exact) mass is 1660 g/mol. The predicted molar refractivity (Wildman–Crippen MR) is 438 cm³/mol. The van der Waals surface area contributed by atoms with E-state index in [1.165, 1.54) is 44.9 Å². The Morgan fingerprint density at radius 1 is 0.441 bits per heavy atom. The van der Waals surface area contributed by atoms with Crippen LogP contribution >= 0.6 is 0 Å². The summed E-state index contributed by atoms with van der Waals surface area (Å²) in [6.07, 6.45) is 14.9. The zero-order valence-corrected chi connectivity index (χ0v) is 75.6. The van der Waals surface area contributed by atoms with Gasteiger partial charge in [-0.05, 0) is 332 Å². The van der Waals surface area contributed by atoms with Crippen LogP contribution in [-0.2, 0) is 95.3 Å². The van der Waals surface area contributed by atoms with Crippen molar-refractivity contribution in [3.8, 4) is 0 Å². The molecule has 37 atom stereocenters. The molecule has 14 saturated carbocycles. The van der Waals surface area contributed by atoms with Crippen molar-refractivity contribution in [1.29, 1.82) is 0 Å². The van der Waals surface area contributed by atoms with Crippen molar-refractivity contribution in [2.75, 3.05) is 33.0 Å². The van der Waals surface area contributed by atoms with E-state index in [1.54, 1.807) is 27.7 Å². The molecule has 18 aliphatic rings. The fourth-order valence-corrected chi connectivity index (χ4v) is 27.1. The van der Waals surface area contributed by atoms with Crippen LogP contribution in [0.25, 0.3) is 0 Å². The largest absolute Gasteiger partial charge is 0.463 e. The number of fused-ring (bicyclic) bond motifs is 29. The minimum Gasteiger partial charge on any atom is -0.463 e. The topological polar surface area (TPSA) is 303 Å². The van der Waals surface area contributed by atoms with Gasteiger partial charge in [-0.25, -0.2) is 9.59 Å². The lowest BCUT2D eigenvalue weighted by molar-refractivity contribution is -0.169. The van der Waals surface area contributed by atoms with Crippen molar-refractivity contribution in [1.82, 2.24) is 0 Å². The van der Waals surface area contributed by atoms with Crippen LogP contribution in [0.5, 0.6) is 0 Å². The van der Waals surface area contributed by atoms with Crippen molar-refractivity contribution in [2.45, 2.75) is 310 Å². The number of carbonyl (C=O) groups is 10. The Morgan fingerprint density at radius 3 is 1.25 bits per heavy atom. The van der Waals surface area contributed by atoms with E-state index < -0.39 is 46.1 Å². The van der Waals surface area contributed by atoms with Gasteiger partial charge in [0.1, 0.15) is 31.5 Å². The molecule has 14 bridgehead atoms. The number of carbonyl (C=O) groups excluding carboxylic acids is 10. The van der Waals surface area contributed by atoms with Crippen LogP contribution < -0.4 is 0 Å². The van der Waals surface area contributed by atoms with Gasteiger partial charge >= 0.3 is 59.7 Å². The second-order valence-corrected chi connectivity index (χ2v) is 44.0. The van der Waals surface area contributed by atoms with Crippen LogP contribution in [0, 0.1) is 200 Å². The van der Waals surface area contributed by atoms with Crippen LogP contribution in [0.3, 0.4) is 0 Å². The molecule has 0 radical (unpaired) electrons. The highest BCUT2D eigenvalue weighted by Gasteiger charge is 2.70. The molecule has 4 aliphatic heterocycles. The molecule has 4 heterocycles. The number of rotatable bonds is 15. The first-order valence-corrected chi connectivity index (χ1v) is 46.5. The molecule has 0 spiro atoms. The van der Waals surface area contributed by atoms with Gasteiger partial charge in [0, 0.05) is 12.8 Å². The predicted octanol–water partition coefficient (Wildman–Crippen LogP) is 15.4. The summed E-state index contributed by atoms with van der Waals surface area (Å²) < 4.78 is 51.0. The number of ether oxygens (including phenoxy) is 10. The van der Waals surface area contributed by atoms with E-state index in [9.17, 15) is 53.1 Å². The maximum Gasteiger partial charge on any atom is 0.347 e. The third-order valence-electron chi connectivity index (χ3n) is 35.3. The Balaban J connectivity index is 0.000000128. The van der Waals surface area contributed by atoms with Crippen LogP contribution in [0.2, 0.25) is 0 Å². The zero-order chi connectivity index (χ0) is 86.4. The molecule has 2 N–H and O–H groups in total. The van der Waals surface area contributed by atoms with E-state index in [1.807, 2.05) is 69.2 Å². The average Bonchev–Trinajstić information content (AvgIpc) is 1.63. The first kappa shape index (κ1) is 91.8. The van der Waals surface area contributed by atoms with Crippen LogP contribution in [0.4, 0.5) is 0 Å². The molecule has 0 aromatic carbocycles. The minimum atomic E-state index is -0.777. The summed E-state index contributed by atoms with van der Waals surface area (Å²) in [5.74, 6) is 21.2. The van der Waals surface area contributed by atoms with Gasteiger partial charge in [-0.2, -0.15) is 0 Å². The molecule has 18 rings (SSSR count). The summed E-state index contributed by atoms with van der Waals surface area (Å²) in [4.78, 5) is 116. The molecular formula is C96H150O22. The second kappa shape index (κ2) is 35.7. The third-order valence-corrected chi connectivity index (χ3v) is 35.3. The first-order valence-electron chi connectivity index (χ1n) is 46.5. The molecule has 37 unspecified atom stereocenters. The van der Waals surface area contributed by atoms with Crippen molar-refractivity contribution < 1.29 is 106 Å². The molecular weight excluding hydrogens is 1510 g/mol. The highest BCUT2D eigenvalue weighted by molar-refractivity contribution is 5.84. The lowest BCUT2D eigenvalue weighted by Gasteiger charge is -2.43. The van der Waals surface area contributed by atoms with Crippen molar-refractivity contribution >= 4 is 59.7 Å². The first-order chi connectivity index (χ1) is 55.2. The number of aliphatic hydroxyl groups is 2. The van der Waals surface area contributed by atoms with Crippen molar-refractivity contribution in [3.05, 3.63) is 0 Å². The Bertz CT molecular complexity index is 3640. The Labute approximate surface area is 704 Å². The summed E-state index contributed by atoms with van der Waals surface area (Å²) in [5.41, 5.74) is -2.63. The fourth-order valence-electron chi connectivity index (χ4n) is 27.1. The molecule has 0 amide bonds. The zero-order valence-electron chi connectivity index (χ0n) is 75.6. The highest BCUT2D eigenvalue weighted by atomic mass is 16.6. The molecule has 18 fully saturated rings. The van der Waals surface area contributed by atoms with Crippen LogP contribution in [-0.4, -0.2) is 145 Å². The van der Waals surface area contributed by atoms with Gasteiger partial charge in [-0.15, -0.1) is 0 Å². The summed E-state index contributed by atoms with van der Waals surface area (Å²) in [6.45, 7) is 46.5. The lowest BCUT2D eigenvalue weighted by atomic mass is 9.62. The van der Waals surface area contributed by atoms with E-state index in [-0.39, 0.29) is 122 Å². The maximum absolute atomic E-state index is 12.6.